The van der Waals surface area contributed by atoms with Gasteiger partial charge in [0.1, 0.15) is 0 Å². The van der Waals surface area contributed by atoms with E-state index in [1.807, 2.05) is 12.2 Å². The molecule has 0 radical (unpaired) electrons. The molecule has 0 aromatic carbocycles. The minimum atomic E-state index is -0.260. The van der Waals surface area contributed by atoms with Gasteiger partial charge in [0.25, 0.3) is 0 Å². The van der Waals surface area contributed by atoms with E-state index in [1.54, 1.807) is 0 Å². The molecule has 2 atom stereocenters. The van der Waals surface area contributed by atoms with E-state index >= 15 is 0 Å². The molecular weight excluding hydrogens is 280 g/mol. The monoisotopic (exact) mass is 310 g/mol. The Kier molecular flexibility index (Phi) is 12.2. The minimum Gasteiger partial charge on any atom is -0.435 e. The summed E-state index contributed by atoms with van der Waals surface area (Å²) in [6.45, 7) is 8.28. The molecule has 0 heterocycles. The van der Waals surface area contributed by atoms with Crippen molar-refractivity contribution in [3.05, 3.63) is 24.7 Å². The van der Waals surface area contributed by atoms with Crippen LogP contribution in [0.5, 0.6) is 0 Å². The van der Waals surface area contributed by atoms with Gasteiger partial charge in [-0.2, -0.15) is 0 Å². The predicted octanol–water partition coefficient (Wildman–Crippen LogP) is 4.75. The molecule has 0 aromatic rings. The maximum atomic E-state index is 11.4. The molecule has 4 nitrogen and oxygen atoms in total. The van der Waals surface area contributed by atoms with E-state index < -0.39 is 0 Å². The molecule has 0 aliphatic rings. The van der Waals surface area contributed by atoms with Crippen molar-refractivity contribution < 1.29 is 19.1 Å². The van der Waals surface area contributed by atoms with Crippen LogP contribution in [0, 0.1) is 11.8 Å². The SMILES string of the molecule is CCC(C)C=COC(=O)CCCCC(=O)OC=CC(C)CC. The Morgan fingerprint density at radius 1 is 0.818 bits per heavy atom. The fourth-order valence-corrected chi connectivity index (χ4v) is 1.43. The number of rotatable bonds is 11. The van der Waals surface area contributed by atoms with E-state index in [1.165, 1.54) is 12.5 Å². The lowest BCUT2D eigenvalue weighted by Gasteiger charge is -2.03. The lowest BCUT2D eigenvalue weighted by atomic mass is 10.1. The zero-order valence-corrected chi connectivity index (χ0v) is 14.3. The summed E-state index contributed by atoms with van der Waals surface area (Å²) in [5.74, 6) is 0.297. The van der Waals surface area contributed by atoms with Crippen molar-refractivity contribution in [1.29, 1.82) is 0 Å². The topological polar surface area (TPSA) is 52.6 Å². The second-order valence-electron chi connectivity index (χ2n) is 5.61. The van der Waals surface area contributed by atoms with Crippen LogP contribution >= 0.6 is 0 Å². The van der Waals surface area contributed by atoms with E-state index in [4.69, 9.17) is 9.47 Å². The number of hydrogen-bond donors (Lipinski definition) is 0. The lowest BCUT2D eigenvalue weighted by Crippen LogP contribution is -2.03. The van der Waals surface area contributed by atoms with Gasteiger partial charge in [0, 0.05) is 12.8 Å². The Bertz CT molecular complexity index is 335. The van der Waals surface area contributed by atoms with Crippen molar-refractivity contribution in [2.45, 2.75) is 66.2 Å². The van der Waals surface area contributed by atoms with Gasteiger partial charge in [-0.05, 0) is 49.7 Å². The fraction of sp³-hybridized carbons (Fsp3) is 0.667. The van der Waals surface area contributed by atoms with Gasteiger partial charge < -0.3 is 9.47 Å². The maximum Gasteiger partial charge on any atom is 0.310 e. The second-order valence-corrected chi connectivity index (χ2v) is 5.61. The molecule has 0 aromatic heterocycles. The third kappa shape index (κ3) is 12.2. The van der Waals surface area contributed by atoms with Crippen molar-refractivity contribution >= 4 is 11.9 Å². The van der Waals surface area contributed by atoms with Crippen LogP contribution in [0.4, 0.5) is 0 Å². The van der Waals surface area contributed by atoms with Crippen LogP contribution in [0.15, 0.2) is 24.7 Å². The van der Waals surface area contributed by atoms with E-state index in [0.717, 1.165) is 12.8 Å². The van der Waals surface area contributed by atoms with Crippen LogP contribution in [-0.4, -0.2) is 11.9 Å². The smallest absolute Gasteiger partial charge is 0.310 e. The first kappa shape index (κ1) is 20.4. The predicted molar refractivity (Wildman–Crippen MR) is 87.8 cm³/mol. The summed E-state index contributed by atoms with van der Waals surface area (Å²) >= 11 is 0. The number of hydrogen-bond acceptors (Lipinski definition) is 4. The molecule has 0 fully saturated rings. The molecule has 0 spiro atoms. The number of allylic oxidation sites excluding steroid dienone is 2. The van der Waals surface area contributed by atoms with Gasteiger partial charge in [-0.25, -0.2) is 0 Å². The highest BCUT2D eigenvalue weighted by molar-refractivity contribution is 5.71. The quantitative estimate of drug-likeness (QED) is 0.314. The summed E-state index contributed by atoms with van der Waals surface area (Å²) in [5.41, 5.74) is 0. The average Bonchev–Trinajstić information content (AvgIpc) is 2.51. The van der Waals surface area contributed by atoms with Crippen molar-refractivity contribution in [2.75, 3.05) is 0 Å². The molecule has 0 N–H and O–H groups in total. The largest absolute Gasteiger partial charge is 0.435 e. The molecule has 0 amide bonds. The highest BCUT2D eigenvalue weighted by Gasteiger charge is 2.05. The zero-order chi connectivity index (χ0) is 16.8. The van der Waals surface area contributed by atoms with Crippen molar-refractivity contribution in [3.63, 3.8) is 0 Å². The van der Waals surface area contributed by atoms with E-state index in [0.29, 0.717) is 37.5 Å². The van der Waals surface area contributed by atoms with Crippen LogP contribution in [0.25, 0.3) is 0 Å². The average molecular weight is 310 g/mol. The molecule has 4 heteroatoms. The molecule has 2 unspecified atom stereocenters. The number of esters is 2. The Morgan fingerprint density at radius 2 is 1.18 bits per heavy atom. The Hall–Kier alpha value is -1.58. The van der Waals surface area contributed by atoms with Crippen LogP contribution in [0.2, 0.25) is 0 Å². The Balaban J connectivity index is 3.67. The van der Waals surface area contributed by atoms with Crippen molar-refractivity contribution in [3.8, 4) is 0 Å². The molecule has 0 saturated carbocycles. The molecule has 126 valence electrons. The summed E-state index contributed by atoms with van der Waals surface area (Å²) < 4.78 is 9.96. The summed E-state index contributed by atoms with van der Waals surface area (Å²) in [6.07, 6.45) is 10.6. The molecule has 0 bridgehead atoms. The first-order valence-corrected chi connectivity index (χ1v) is 8.21. The Morgan fingerprint density at radius 3 is 1.50 bits per heavy atom. The minimum absolute atomic E-state index is 0.260. The van der Waals surface area contributed by atoms with Gasteiger partial charge in [-0.15, -0.1) is 0 Å². The van der Waals surface area contributed by atoms with Crippen molar-refractivity contribution in [1.82, 2.24) is 0 Å². The summed E-state index contributed by atoms with van der Waals surface area (Å²) in [5, 5.41) is 0. The zero-order valence-electron chi connectivity index (χ0n) is 14.3. The highest BCUT2D eigenvalue weighted by Crippen LogP contribution is 2.06. The third-order valence-corrected chi connectivity index (χ3v) is 3.51. The molecular formula is C18H30O4. The summed E-state index contributed by atoms with van der Waals surface area (Å²) in [6, 6.07) is 0. The fourth-order valence-electron chi connectivity index (χ4n) is 1.43. The Labute approximate surface area is 134 Å². The summed E-state index contributed by atoms with van der Waals surface area (Å²) in [7, 11) is 0. The highest BCUT2D eigenvalue weighted by atomic mass is 16.5. The van der Waals surface area contributed by atoms with Gasteiger partial charge in [0.05, 0.1) is 12.5 Å². The van der Waals surface area contributed by atoms with Gasteiger partial charge in [-0.1, -0.05) is 27.7 Å². The first-order valence-electron chi connectivity index (χ1n) is 8.21. The van der Waals surface area contributed by atoms with Crippen LogP contribution in [-0.2, 0) is 19.1 Å². The molecule has 0 saturated heterocycles. The number of ether oxygens (including phenoxy) is 2. The van der Waals surface area contributed by atoms with Gasteiger partial charge in [0.15, 0.2) is 0 Å². The second kappa shape index (κ2) is 13.1. The van der Waals surface area contributed by atoms with E-state index in [2.05, 4.69) is 27.7 Å². The molecule has 0 aliphatic heterocycles. The number of carbonyl (C=O) groups is 2. The van der Waals surface area contributed by atoms with E-state index in [-0.39, 0.29) is 11.9 Å². The first-order chi connectivity index (χ1) is 10.5. The summed E-state index contributed by atoms with van der Waals surface area (Å²) in [4.78, 5) is 22.9. The van der Waals surface area contributed by atoms with Crippen LogP contribution in [0.1, 0.15) is 66.2 Å². The standard InChI is InChI=1S/C18H30O4/c1-5-15(3)11-13-21-17(19)9-7-8-10-18(20)22-14-12-16(4)6-2/h11-16H,5-10H2,1-4H3. The number of carbonyl (C=O) groups excluding carboxylic acids is 2. The van der Waals surface area contributed by atoms with Crippen LogP contribution < -0.4 is 0 Å². The van der Waals surface area contributed by atoms with Crippen molar-refractivity contribution in [2.24, 2.45) is 11.8 Å². The van der Waals surface area contributed by atoms with Gasteiger partial charge >= 0.3 is 11.9 Å². The molecule has 22 heavy (non-hydrogen) atoms. The normalized spacial score (nSPS) is 14.2. The van der Waals surface area contributed by atoms with Gasteiger partial charge in [-0.3, -0.25) is 9.59 Å². The van der Waals surface area contributed by atoms with Crippen LogP contribution in [0.3, 0.4) is 0 Å². The maximum absolute atomic E-state index is 11.4. The molecule has 0 aliphatic carbocycles. The van der Waals surface area contributed by atoms with Gasteiger partial charge in [0.2, 0.25) is 0 Å². The van der Waals surface area contributed by atoms with E-state index in [9.17, 15) is 9.59 Å². The lowest BCUT2D eigenvalue weighted by molar-refractivity contribution is -0.140. The molecule has 0 rings (SSSR count). The third-order valence-electron chi connectivity index (χ3n) is 3.51. The number of unbranched alkanes of at least 4 members (excludes halogenated alkanes) is 1.